The van der Waals surface area contributed by atoms with Crippen LogP contribution in [-0.4, -0.2) is 13.7 Å². The van der Waals surface area contributed by atoms with Crippen LogP contribution in [0, 0.1) is 6.92 Å². The fourth-order valence-electron chi connectivity index (χ4n) is 1.66. The Morgan fingerprint density at radius 2 is 2.31 bits per heavy atom. The molecule has 0 saturated heterocycles. The first-order valence-corrected chi connectivity index (χ1v) is 4.30. The summed E-state index contributed by atoms with van der Waals surface area (Å²) in [7, 11) is 1.66. The number of methoxy groups -OCH3 is 1. The molecule has 1 heterocycles. The van der Waals surface area contributed by atoms with Gasteiger partial charge in [0.25, 0.3) is 0 Å². The summed E-state index contributed by atoms with van der Waals surface area (Å²) in [6.45, 7) is 2.55. The number of hydrogen-bond donors (Lipinski definition) is 1. The van der Waals surface area contributed by atoms with E-state index in [1.807, 2.05) is 19.1 Å². The number of fused-ring (bicyclic) bond motifs is 1. The zero-order valence-corrected chi connectivity index (χ0v) is 7.83. The van der Waals surface area contributed by atoms with Crippen molar-refractivity contribution in [3.8, 4) is 11.5 Å². The number of ether oxygens (including phenoxy) is 2. The van der Waals surface area contributed by atoms with Crippen molar-refractivity contribution in [2.75, 3.05) is 13.7 Å². The second-order valence-electron chi connectivity index (χ2n) is 3.23. The lowest BCUT2D eigenvalue weighted by molar-refractivity contribution is 0.328. The Morgan fingerprint density at radius 3 is 3.00 bits per heavy atom. The van der Waals surface area contributed by atoms with Crippen molar-refractivity contribution in [2.24, 2.45) is 5.73 Å². The first-order chi connectivity index (χ1) is 6.24. The number of hydrogen-bond acceptors (Lipinski definition) is 3. The van der Waals surface area contributed by atoms with E-state index in [4.69, 9.17) is 15.2 Å². The van der Waals surface area contributed by atoms with Crippen molar-refractivity contribution in [1.29, 1.82) is 0 Å². The molecule has 0 spiro atoms. The molecule has 1 aromatic carbocycles. The van der Waals surface area contributed by atoms with Crippen molar-refractivity contribution in [3.63, 3.8) is 0 Å². The lowest BCUT2D eigenvalue weighted by atomic mass is 10.1. The molecule has 0 radical (unpaired) electrons. The van der Waals surface area contributed by atoms with Gasteiger partial charge in [-0.3, -0.25) is 0 Å². The van der Waals surface area contributed by atoms with E-state index in [1.165, 1.54) is 0 Å². The van der Waals surface area contributed by atoms with E-state index >= 15 is 0 Å². The van der Waals surface area contributed by atoms with Gasteiger partial charge in [-0.25, -0.2) is 0 Å². The Balaban J connectivity index is 2.54. The second kappa shape index (κ2) is 2.92. The van der Waals surface area contributed by atoms with Gasteiger partial charge in [0, 0.05) is 11.1 Å². The summed E-state index contributed by atoms with van der Waals surface area (Å²) in [6.07, 6.45) is 0. The highest BCUT2D eigenvalue weighted by atomic mass is 16.5. The average molecular weight is 179 g/mol. The third kappa shape index (κ3) is 1.16. The minimum absolute atomic E-state index is 0.0135. The van der Waals surface area contributed by atoms with Gasteiger partial charge in [-0.05, 0) is 19.1 Å². The van der Waals surface area contributed by atoms with Gasteiger partial charge < -0.3 is 15.2 Å². The Morgan fingerprint density at radius 1 is 1.54 bits per heavy atom. The largest absolute Gasteiger partial charge is 0.496 e. The van der Waals surface area contributed by atoms with Crippen LogP contribution in [0.1, 0.15) is 17.2 Å². The van der Waals surface area contributed by atoms with Crippen molar-refractivity contribution in [2.45, 2.75) is 13.0 Å². The molecule has 0 saturated carbocycles. The molecule has 1 aliphatic heterocycles. The van der Waals surface area contributed by atoms with Gasteiger partial charge in [0.2, 0.25) is 0 Å². The highest BCUT2D eigenvalue weighted by Gasteiger charge is 2.23. The molecule has 1 aliphatic rings. The standard InChI is InChI=1S/C10H13NO2/c1-6-9(12-2)4-3-7-8(11)5-13-10(6)7/h3-4,8H,5,11H2,1-2H3/t8-/m0/s1. The highest BCUT2D eigenvalue weighted by Crippen LogP contribution is 2.38. The van der Waals surface area contributed by atoms with Crippen molar-refractivity contribution < 1.29 is 9.47 Å². The topological polar surface area (TPSA) is 44.5 Å². The minimum atomic E-state index is 0.0135. The SMILES string of the molecule is COc1ccc2c(c1C)OC[C@@H]2N. The third-order valence-corrected chi connectivity index (χ3v) is 2.41. The molecule has 2 N–H and O–H groups in total. The van der Waals surface area contributed by atoms with Crippen LogP contribution in [0.3, 0.4) is 0 Å². The predicted molar refractivity (Wildman–Crippen MR) is 50.2 cm³/mol. The molecular formula is C10H13NO2. The van der Waals surface area contributed by atoms with Crippen molar-refractivity contribution >= 4 is 0 Å². The second-order valence-corrected chi connectivity index (χ2v) is 3.23. The van der Waals surface area contributed by atoms with Crippen LogP contribution in [0.4, 0.5) is 0 Å². The van der Waals surface area contributed by atoms with E-state index < -0.39 is 0 Å². The summed E-state index contributed by atoms with van der Waals surface area (Å²) in [4.78, 5) is 0. The molecule has 0 bridgehead atoms. The Bertz CT molecular complexity index is 336. The quantitative estimate of drug-likeness (QED) is 0.708. The lowest BCUT2D eigenvalue weighted by Crippen LogP contribution is -2.10. The van der Waals surface area contributed by atoms with E-state index in [0.29, 0.717) is 6.61 Å². The van der Waals surface area contributed by atoms with E-state index in [2.05, 4.69) is 0 Å². The summed E-state index contributed by atoms with van der Waals surface area (Å²) < 4.78 is 10.7. The summed E-state index contributed by atoms with van der Waals surface area (Å²) in [5.41, 5.74) is 7.96. The molecule has 1 atom stereocenters. The molecule has 0 aromatic heterocycles. The lowest BCUT2D eigenvalue weighted by Gasteiger charge is -2.08. The normalized spacial score (nSPS) is 19.5. The first kappa shape index (κ1) is 8.38. The smallest absolute Gasteiger partial charge is 0.130 e. The van der Waals surface area contributed by atoms with Crippen LogP contribution in [0.5, 0.6) is 11.5 Å². The van der Waals surface area contributed by atoms with Crippen LogP contribution in [0.2, 0.25) is 0 Å². The summed E-state index contributed by atoms with van der Waals surface area (Å²) in [5.74, 6) is 1.75. The van der Waals surface area contributed by atoms with Gasteiger partial charge in [0.15, 0.2) is 0 Å². The van der Waals surface area contributed by atoms with E-state index in [9.17, 15) is 0 Å². The van der Waals surface area contributed by atoms with Crippen LogP contribution in [0.25, 0.3) is 0 Å². The zero-order valence-electron chi connectivity index (χ0n) is 7.83. The molecule has 0 amide bonds. The Kier molecular flexibility index (Phi) is 1.88. The van der Waals surface area contributed by atoms with Crippen molar-refractivity contribution in [3.05, 3.63) is 23.3 Å². The summed E-state index contributed by atoms with van der Waals surface area (Å²) in [6, 6.07) is 3.92. The van der Waals surface area contributed by atoms with Crippen LogP contribution >= 0.6 is 0 Å². The molecule has 0 unspecified atom stereocenters. The molecule has 2 rings (SSSR count). The molecule has 1 aromatic rings. The fraction of sp³-hybridized carbons (Fsp3) is 0.400. The predicted octanol–water partition coefficient (Wildman–Crippen LogP) is 1.40. The summed E-state index contributed by atoms with van der Waals surface area (Å²) in [5, 5.41) is 0. The maximum absolute atomic E-state index is 5.84. The number of rotatable bonds is 1. The molecule has 70 valence electrons. The molecule has 0 aliphatic carbocycles. The Hall–Kier alpha value is -1.22. The van der Waals surface area contributed by atoms with Crippen molar-refractivity contribution in [1.82, 2.24) is 0 Å². The monoisotopic (exact) mass is 179 g/mol. The van der Waals surface area contributed by atoms with Crippen LogP contribution < -0.4 is 15.2 Å². The molecule has 13 heavy (non-hydrogen) atoms. The third-order valence-electron chi connectivity index (χ3n) is 2.41. The highest BCUT2D eigenvalue weighted by molar-refractivity contribution is 5.52. The van der Waals surface area contributed by atoms with E-state index in [-0.39, 0.29) is 6.04 Å². The van der Waals surface area contributed by atoms with Gasteiger partial charge in [0.1, 0.15) is 18.1 Å². The molecule has 3 nitrogen and oxygen atoms in total. The van der Waals surface area contributed by atoms with Crippen LogP contribution in [0.15, 0.2) is 12.1 Å². The maximum Gasteiger partial charge on any atom is 0.130 e. The minimum Gasteiger partial charge on any atom is -0.496 e. The van der Waals surface area contributed by atoms with Crippen LogP contribution in [-0.2, 0) is 0 Å². The summed E-state index contributed by atoms with van der Waals surface area (Å²) >= 11 is 0. The number of benzene rings is 1. The zero-order chi connectivity index (χ0) is 9.42. The fourth-order valence-corrected chi connectivity index (χ4v) is 1.66. The molecule has 3 heteroatoms. The van der Waals surface area contributed by atoms with E-state index in [1.54, 1.807) is 7.11 Å². The van der Waals surface area contributed by atoms with Gasteiger partial charge in [-0.15, -0.1) is 0 Å². The van der Waals surface area contributed by atoms with E-state index in [0.717, 1.165) is 22.6 Å². The average Bonchev–Trinajstić information content (AvgIpc) is 2.50. The maximum atomic E-state index is 5.84. The first-order valence-electron chi connectivity index (χ1n) is 4.30. The van der Waals surface area contributed by atoms with Gasteiger partial charge >= 0.3 is 0 Å². The van der Waals surface area contributed by atoms with Gasteiger partial charge in [-0.1, -0.05) is 0 Å². The van der Waals surface area contributed by atoms with Gasteiger partial charge in [-0.2, -0.15) is 0 Å². The Labute approximate surface area is 77.5 Å². The molecule has 0 fully saturated rings. The number of nitrogens with two attached hydrogens (primary N) is 1. The molecular weight excluding hydrogens is 166 g/mol. The van der Waals surface area contributed by atoms with Gasteiger partial charge in [0.05, 0.1) is 13.2 Å².